The number of aliphatic hydroxyl groups excluding tert-OH is 1. The number of hydrogen-bond donors (Lipinski definition) is 1. The molecule has 2 aliphatic heterocycles. The lowest BCUT2D eigenvalue weighted by Crippen LogP contribution is -2.31. The highest BCUT2D eigenvalue weighted by molar-refractivity contribution is 6.31. The molecule has 3 heterocycles. The summed E-state index contributed by atoms with van der Waals surface area (Å²) >= 11 is 6.10. The van der Waals surface area contributed by atoms with Crippen molar-refractivity contribution in [1.29, 1.82) is 0 Å². The molecule has 192 valence electrons. The van der Waals surface area contributed by atoms with Crippen LogP contribution in [-0.4, -0.2) is 44.1 Å². The second kappa shape index (κ2) is 9.15. The Morgan fingerprint density at radius 1 is 0.974 bits per heavy atom. The van der Waals surface area contributed by atoms with Crippen molar-refractivity contribution in [3.8, 4) is 11.5 Å². The molecule has 1 atom stereocenters. The zero-order chi connectivity index (χ0) is 26.6. The lowest BCUT2D eigenvalue weighted by Gasteiger charge is -2.28. The van der Waals surface area contributed by atoms with Crippen molar-refractivity contribution in [3.05, 3.63) is 94.4 Å². The maximum absolute atomic E-state index is 13.8. The molecule has 38 heavy (non-hydrogen) atoms. The number of furan rings is 1. The van der Waals surface area contributed by atoms with Crippen molar-refractivity contribution in [3.63, 3.8) is 0 Å². The van der Waals surface area contributed by atoms with Crippen LogP contribution in [0.2, 0.25) is 5.02 Å². The molecule has 2 aliphatic rings. The number of Topliss-reactive ketones (excluding diaryl/α,β-unsaturated/α-hetero) is 1. The van der Waals surface area contributed by atoms with Gasteiger partial charge in [0.1, 0.15) is 18.8 Å². The van der Waals surface area contributed by atoms with Gasteiger partial charge in [0.05, 0.1) is 11.6 Å². The number of amides is 1. The van der Waals surface area contributed by atoms with Crippen LogP contribution in [0, 0.1) is 0 Å². The van der Waals surface area contributed by atoms with E-state index >= 15 is 0 Å². The Morgan fingerprint density at radius 2 is 1.71 bits per heavy atom. The predicted molar refractivity (Wildman–Crippen MR) is 144 cm³/mol. The molecule has 6 rings (SSSR count). The Labute approximate surface area is 223 Å². The fourth-order valence-corrected chi connectivity index (χ4v) is 4.99. The van der Waals surface area contributed by atoms with Crippen LogP contribution in [0.4, 0.5) is 11.4 Å². The number of anilines is 2. The van der Waals surface area contributed by atoms with Gasteiger partial charge in [-0.1, -0.05) is 23.7 Å². The summed E-state index contributed by atoms with van der Waals surface area (Å²) in [6.45, 7) is 0.808. The highest BCUT2D eigenvalue weighted by Gasteiger charge is 2.45. The largest absolute Gasteiger partial charge is 0.503 e. The molecular formula is C29H23ClN2O6. The third-order valence-electron chi connectivity index (χ3n) is 6.68. The average molecular weight is 531 g/mol. The summed E-state index contributed by atoms with van der Waals surface area (Å²) in [6.07, 6.45) is 0. The lowest BCUT2D eigenvalue weighted by atomic mass is 9.94. The van der Waals surface area contributed by atoms with Gasteiger partial charge in [0.25, 0.3) is 5.91 Å². The summed E-state index contributed by atoms with van der Waals surface area (Å²) < 4.78 is 17.1. The fraction of sp³-hybridized carbons (Fsp3) is 0.172. The molecule has 0 bridgehead atoms. The van der Waals surface area contributed by atoms with E-state index in [0.717, 1.165) is 5.69 Å². The number of halogens is 1. The van der Waals surface area contributed by atoms with Crippen LogP contribution in [-0.2, 0) is 4.79 Å². The molecule has 1 aromatic heterocycles. The summed E-state index contributed by atoms with van der Waals surface area (Å²) in [6, 6.07) is 18.2. The Hall–Kier alpha value is -4.43. The van der Waals surface area contributed by atoms with Gasteiger partial charge in [-0.15, -0.1) is 0 Å². The van der Waals surface area contributed by atoms with Crippen LogP contribution in [0.5, 0.6) is 11.5 Å². The first kappa shape index (κ1) is 23.9. The molecule has 1 unspecified atom stereocenters. The minimum absolute atomic E-state index is 0.00412. The normalized spacial score (nSPS) is 16.9. The molecular weight excluding hydrogens is 508 g/mol. The first-order chi connectivity index (χ1) is 18.3. The number of carbonyl (C=O) groups is 2. The zero-order valence-corrected chi connectivity index (χ0v) is 21.4. The van der Waals surface area contributed by atoms with Gasteiger partial charge in [0, 0.05) is 41.9 Å². The number of ether oxygens (including phenoxy) is 2. The van der Waals surface area contributed by atoms with E-state index in [0.29, 0.717) is 52.0 Å². The number of fused-ring (bicyclic) bond motifs is 2. The van der Waals surface area contributed by atoms with Crippen LogP contribution >= 0.6 is 11.6 Å². The molecule has 3 aromatic carbocycles. The molecule has 1 amide bonds. The Bertz CT molecular complexity index is 1620. The molecule has 4 aromatic rings. The Kier molecular flexibility index (Phi) is 5.76. The molecule has 0 fully saturated rings. The van der Waals surface area contributed by atoms with Crippen LogP contribution in [0.15, 0.2) is 82.5 Å². The average Bonchev–Trinajstić information content (AvgIpc) is 3.46. The summed E-state index contributed by atoms with van der Waals surface area (Å²) in [5.74, 6) is -0.888. The van der Waals surface area contributed by atoms with Gasteiger partial charge in [0.15, 0.2) is 23.0 Å². The van der Waals surface area contributed by atoms with E-state index in [1.807, 2.05) is 43.3 Å². The summed E-state index contributed by atoms with van der Waals surface area (Å²) in [7, 11) is 3.84. The molecule has 8 nitrogen and oxygen atoms in total. The van der Waals surface area contributed by atoms with E-state index in [1.54, 1.807) is 42.5 Å². The van der Waals surface area contributed by atoms with Crippen LogP contribution in [0.3, 0.4) is 0 Å². The third-order valence-corrected chi connectivity index (χ3v) is 6.92. The maximum atomic E-state index is 13.8. The van der Waals surface area contributed by atoms with Crippen molar-refractivity contribution < 1.29 is 28.6 Å². The molecule has 9 heteroatoms. The lowest BCUT2D eigenvalue weighted by molar-refractivity contribution is -0.117. The number of hydrogen-bond acceptors (Lipinski definition) is 7. The number of aliphatic hydroxyl groups is 1. The van der Waals surface area contributed by atoms with Crippen LogP contribution in [0.1, 0.15) is 22.2 Å². The summed E-state index contributed by atoms with van der Waals surface area (Å²) in [4.78, 5) is 30.7. The van der Waals surface area contributed by atoms with Crippen LogP contribution < -0.4 is 19.3 Å². The maximum Gasteiger partial charge on any atom is 0.294 e. The van der Waals surface area contributed by atoms with Crippen molar-refractivity contribution in [1.82, 2.24) is 0 Å². The number of nitrogens with zero attached hydrogens (tertiary/aromatic N) is 2. The van der Waals surface area contributed by atoms with Crippen LogP contribution in [0.25, 0.3) is 11.0 Å². The van der Waals surface area contributed by atoms with Gasteiger partial charge in [-0.25, -0.2) is 0 Å². The minimum Gasteiger partial charge on any atom is -0.503 e. The number of carbonyl (C=O) groups excluding carboxylic acids is 2. The smallest absolute Gasteiger partial charge is 0.294 e. The SMILES string of the molecule is CN(C)c1ccc(C2C(C(=O)c3cc4cc(Cl)ccc4o3)=C(O)C(=O)N2c2ccc3c(c2)OCCO3)cc1. The van der Waals surface area contributed by atoms with Gasteiger partial charge < -0.3 is 23.9 Å². The summed E-state index contributed by atoms with van der Waals surface area (Å²) in [5, 5.41) is 12.2. The number of ketones is 1. The first-order valence-corrected chi connectivity index (χ1v) is 12.4. The van der Waals surface area contributed by atoms with E-state index < -0.39 is 23.5 Å². The first-order valence-electron chi connectivity index (χ1n) is 12.0. The van der Waals surface area contributed by atoms with E-state index in [9.17, 15) is 14.7 Å². The second-order valence-corrected chi connectivity index (χ2v) is 9.71. The molecule has 0 saturated heterocycles. The monoisotopic (exact) mass is 530 g/mol. The minimum atomic E-state index is -0.912. The van der Waals surface area contributed by atoms with E-state index in [1.165, 1.54) is 4.90 Å². The molecule has 0 spiro atoms. The number of rotatable bonds is 5. The highest BCUT2D eigenvalue weighted by atomic mass is 35.5. The third kappa shape index (κ3) is 3.94. The van der Waals surface area contributed by atoms with Crippen molar-refractivity contribution in [2.45, 2.75) is 6.04 Å². The highest BCUT2D eigenvalue weighted by Crippen LogP contribution is 2.45. The standard InChI is InChI=1S/C29H23ClN2O6/c1-31(2)19-6-3-16(4-7-19)26-25(27(33)24-14-17-13-18(30)5-9-21(17)38-24)28(34)29(35)32(26)20-8-10-22-23(15-20)37-12-11-36-22/h3-10,13-15,26,34H,11-12H2,1-2H3. The molecule has 0 aliphatic carbocycles. The zero-order valence-electron chi connectivity index (χ0n) is 20.6. The number of benzene rings is 3. The van der Waals surface area contributed by atoms with Gasteiger partial charge in [-0.2, -0.15) is 0 Å². The quantitative estimate of drug-likeness (QED) is 0.330. The second-order valence-electron chi connectivity index (χ2n) is 9.28. The Balaban J connectivity index is 1.48. The fourth-order valence-electron chi connectivity index (χ4n) is 4.81. The van der Waals surface area contributed by atoms with Crippen molar-refractivity contribution in [2.75, 3.05) is 37.1 Å². The van der Waals surface area contributed by atoms with Gasteiger partial charge in [0.2, 0.25) is 5.78 Å². The van der Waals surface area contributed by atoms with E-state index in [4.69, 9.17) is 25.5 Å². The summed E-state index contributed by atoms with van der Waals surface area (Å²) in [5.41, 5.74) is 2.43. The molecule has 1 N–H and O–H groups in total. The Morgan fingerprint density at radius 3 is 2.45 bits per heavy atom. The van der Waals surface area contributed by atoms with E-state index in [-0.39, 0.29) is 11.3 Å². The van der Waals surface area contributed by atoms with Gasteiger partial charge >= 0.3 is 0 Å². The van der Waals surface area contributed by atoms with Crippen molar-refractivity contribution in [2.24, 2.45) is 0 Å². The van der Waals surface area contributed by atoms with Gasteiger partial charge in [-0.05, 0) is 54.1 Å². The van der Waals surface area contributed by atoms with Crippen molar-refractivity contribution >= 4 is 45.6 Å². The van der Waals surface area contributed by atoms with Gasteiger partial charge in [-0.3, -0.25) is 14.5 Å². The topological polar surface area (TPSA) is 92.5 Å². The van der Waals surface area contributed by atoms with E-state index in [2.05, 4.69) is 0 Å². The molecule has 0 radical (unpaired) electrons. The predicted octanol–water partition coefficient (Wildman–Crippen LogP) is 5.71. The molecule has 0 saturated carbocycles.